The van der Waals surface area contributed by atoms with Gasteiger partial charge in [-0.2, -0.15) is 18.4 Å². The zero-order valence-corrected chi connectivity index (χ0v) is 8.09. The lowest BCUT2D eigenvalue weighted by Gasteiger charge is -2.12. The number of hydrogen-bond donors (Lipinski definition) is 1. The zero-order chi connectivity index (χ0) is 12.5. The molecule has 1 rings (SSSR count). The molecule has 0 saturated carbocycles. The molecule has 0 fully saturated rings. The van der Waals surface area contributed by atoms with Crippen LogP contribution in [0.1, 0.15) is 27.0 Å². The van der Waals surface area contributed by atoms with Crippen molar-refractivity contribution in [2.24, 2.45) is 0 Å². The van der Waals surface area contributed by atoms with Gasteiger partial charge >= 0.3 is 12.1 Å². The monoisotopic (exact) mass is 229 g/mol. The molecule has 0 amide bonds. The topological polar surface area (TPSA) is 61.1 Å². The molecule has 6 heteroatoms. The predicted molar refractivity (Wildman–Crippen MR) is 47.9 cm³/mol. The molecule has 0 atom stereocenters. The average Bonchev–Trinajstić information content (AvgIpc) is 2.14. The van der Waals surface area contributed by atoms with Gasteiger partial charge in [-0.05, 0) is 24.6 Å². The summed E-state index contributed by atoms with van der Waals surface area (Å²) in [5.74, 6) is -1.76. The number of halogens is 3. The standard InChI is InChI=1S/C10H6F3NO2/c1-5-2-6(4-14)8(9(15)16)7(3-5)10(11,12)13/h2-3H,1H3,(H,15,16). The van der Waals surface area contributed by atoms with Crippen LogP contribution in [0.2, 0.25) is 0 Å². The Balaban J connectivity index is 3.66. The summed E-state index contributed by atoms with van der Waals surface area (Å²) in [4.78, 5) is 10.7. The Hall–Kier alpha value is -2.03. The predicted octanol–water partition coefficient (Wildman–Crippen LogP) is 2.58. The number of nitriles is 1. The highest BCUT2D eigenvalue weighted by atomic mass is 19.4. The highest BCUT2D eigenvalue weighted by Gasteiger charge is 2.37. The van der Waals surface area contributed by atoms with E-state index < -0.39 is 28.8 Å². The van der Waals surface area contributed by atoms with Gasteiger partial charge in [0.2, 0.25) is 0 Å². The zero-order valence-electron chi connectivity index (χ0n) is 8.09. The van der Waals surface area contributed by atoms with Crippen LogP contribution in [0, 0.1) is 18.3 Å². The molecule has 1 N–H and O–H groups in total. The van der Waals surface area contributed by atoms with Gasteiger partial charge in [0.05, 0.1) is 16.7 Å². The summed E-state index contributed by atoms with van der Waals surface area (Å²) in [5.41, 5.74) is -2.59. The summed E-state index contributed by atoms with van der Waals surface area (Å²) in [7, 11) is 0. The number of rotatable bonds is 1. The van der Waals surface area contributed by atoms with Crippen LogP contribution in [0.3, 0.4) is 0 Å². The van der Waals surface area contributed by atoms with Crippen LogP contribution >= 0.6 is 0 Å². The fourth-order valence-corrected chi connectivity index (χ4v) is 1.33. The molecule has 16 heavy (non-hydrogen) atoms. The molecule has 0 aromatic heterocycles. The lowest BCUT2D eigenvalue weighted by atomic mass is 9.98. The fourth-order valence-electron chi connectivity index (χ4n) is 1.33. The molecule has 3 nitrogen and oxygen atoms in total. The lowest BCUT2D eigenvalue weighted by Crippen LogP contribution is -2.15. The summed E-state index contributed by atoms with van der Waals surface area (Å²) < 4.78 is 37.6. The molecular formula is C10H6F3NO2. The summed E-state index contributed by atoms with van der Waals surface area (Å²) in [5, 5.41) is 17.3. The van der Waals surface area contributed by atoms with E-state index in [2.05, 4.69) is 0 Å². The lowest BCUT2D eigenvalue weighted by molar-refractivity contribution is -0.138. The molecule has 0 bridgehead atoms. The van der Waals surface area contributed by atoms with Gasteiger partial charge in [0.1, 0.15) is 6.07 Å². The van der Waals surface area contributed by atoms with Crippen LogP contribution in [0.25, 0.3) is 0 Å². The van der Waals surface area contributed by atoms with Crippen molar-refractivity contribution in [1.82, 2.24) is 0 Å². The van der Waals surface area contributed by atoms with Gasteiger partial charge in [0.25, 0.3) is 0 Å². The number of alkyl halides is 3. The first kappa shape index (κ1) is 12.0. The Morgan fingerprint density at radius 3 is 2.38 bits per heavy atom. The Morgan fingerprint density at radius 2 is 2.00 bits per heavy atom. The van der Waals surface area contributed by atoms with Crippen molar-refractivity contribution < 1.29 is 23.1 Å². The van der Waals surface area contributed by atoms with Crippen LogP contribution in [0.5, 0.6) is 0 Å². The maximum absolute atomic E-state index is 12.5. The van der Waals surface area contributed by atoms with Crippen LogP contribution in [-0.4, -0.2) is 11.1 Å². The number of aromatic carboxylic acids is 1. The second kappa shape index (κ2) is 3.85. The first-order valence-electron chi connectivity index (χ1n) is 4.12. The van der Waals surface area contributed by atoms with E-state index >= 15 is 0 Å². The van der Waals surface area contributed by atoms with Crippen molar-refractivity contribution in [2.45, 2.75) is 13.1 Å². The molecule has 1 aromatic rings. The first-order chi connectivity index (χ1) is 7.27. The average molecular weight is 229 g/mol. The molecule has 0 aliphatic heterocycles. The Labute approximate surface area is 88.7 Å². The Morgan fingerprint density at radius 1 is 1.44 bits per heavy atom. The quantitative estimate of drug-likeness (QED) is 0.804. The second-order valence-electron chi connectivity index (χ2n) is 3.15. The molecule has 0 aliphatic carbocycles. The molecule has 0 aliphatic rings. The minimum Gasteiger partial charge on any atom is -0.478 e. The molecule has 1 aromatic carbocycles. The van der Waals surface area contributed by atoms with Crippen molar-refractivity contribution in [3.63, 3.8) is 0 Å². The second-order valence-corrected chi connectivity index (χ2v) is 3.15. The van der Waals surface area contributed by atoms with Crippen LogP contribution in [0.4, 0.5) is 13.2 Å². The molecule has 0 heterocycles. The summed E-state index contributed by atoms with van der Waals surface area (Å²) in [6.07, 6.45) is -4.79. The maximum Gasteiger partial charge on any atom is 0.417 e. The first-order valence-corrected chi connectivity index (χ1v) is 4.12. The normalized spacial score (nSPS) is 10.9. The minimum atomic E-state index is -4.79. The van der Waals surface area contributed by atoms with Crippen LogP contribution in [-0.2, 0) is 6.18 Å². The van der Waals surface area contributed by atoms with Gasteiger partial charge < -0.3 is 5.11 Å². The smallest absolute Gasteiger partial charge is 0.417 e. The van der Waals surface area contributed by atoms with Crippen molar-refractivity contribution in [3.8, 4) is 6.07 Å². The summed E-state index contributed by atoms with van der Waals surface area (Å²) in [6.45, 7) is 1.36. The van der Waals surface area contributed by atoms with Gasteiger partial charge in [-0.25, -0.2) is 4.79 Å². The molecule has 0 radical (unpaired) electrons. The Bertz CT molecular complexity index is 486. The number of hydrogen-bond acceptors (Lipinski definition) is 2. The van der Waals surface area contributed by atoms with Crippen molar-refractivity contribution in [1.29, 1.82) is 5.26 Å². The highest BCUT2D eigenvalue weighted by Crippen LogP contribution is 2.34. The van der Waals surface area contributed by atoms with E-state index in [4.69, 9.17) is 10.4 Å². The number of carbonyl (C=O) groups is 1. The number of benzene rings is 1. The summed E-state index contributed by atoms with van der Waals surface area (Å²) >= 11 is 0. The minimum absolute atomic E-state index is 0.189. The van der Waals surface area contributed by atoms with Gasteiger partial charge in [0.15, 0.2) is 0 Å². The molecular weight excluding hydrogens is 223 g/mol. The third kappa shape index (κ3) is 2.14. The maximum atomic E-state index is 12.5. The highest BCUT2D eigenvalue weighted by molar-refractivity contribution is 5.92. The van der Waals surface area contributed by atoms with Gasteiger partial charge in [-0.3, -0.25) is 0 Å². The van der Waals surface area contributed by atoms with E-state index in [0.29, 0.717) is 6.07 Å². The third-order valence-corrected chi connectivity index (χ3v) is 1.92. The van der Waals surface area contributed by atoms with E-state index in [9.17, 15) is 18.0 Å². The summed E-state index contributed by atoms with van der Waals surface area (Å²) in [6, 6.07) is 3.27. The number of nitrogens with zero attached hydrogens (tertiary/aromatic N) is 1. The van der Waals surface area contributed by atoms with E-state index in [0.717, 1.165) is 6.07 Å². The van der Waals surface area contributed by atoms with E-state index in [1.165, 1.54) is 13.0 Å². The Kier molecular flexibility index (Phi) is 2.90. The van der Waals surface area contributed by atoms with Gasteiger partial charge in [-0.1, -0.05) is 0 Å². The third-order valence-electron chi connectivity index (χ3n) is 1.92. The largest absolute Gasteiger partial charge is 0.478 e. The number of carboxylic acid groups (broad SMARTS) is 1. The van der Waals surface area contributed by atoms with Gasteiger partial charge in [-0.15, -0.1) is 0 Å². The molecule has 0 saturated heterocycles. The van der Waals surface area contributed by atoms with E-state index in [1.807, 2.05) is 0 Å². The molecule has 0 unspecified atom stereocenters. The van der Waals surface area contributed by atoms with E-state index in [-0.39, 0.29) is 5.56 Å². The van der Waals surface area contributed by atoms with Crippen molar-refractivity contribution >= 4 is 5.97 Å². The van der Waals surface area contributed by atoms with Gasteiger partial charge in [0, 0.05) is 0 Å². The fraction of sp³-hybridized carbons (Fsp3) is 0.200. The van der Waals surface area contributed by atoms with Crippen LogP contribution < -0.4 is 0 Å². The van der Waals surface area contributed by atoms with Crippen molar-refractivity contribution in [2.75, 3.05) is 0 Å². The molecule has 84 valence electrons. The van der Waals surface area contributed by atoms with Crippen LogP contribution in [0.15, 0.2) is 12.1 Å². The molecule has 0 spiro atoms. The number of aryl methyl sites for hydroxylation is 1. The SMILES string of the molecule is Cc1cc(C#N)c(C(=O)O)c(C(F)(F)F)c1. The van der Waals surface area contributed by atoms with E-state index in [1.54, 1.807) is 0 Å². The van der Waals surface area contributed by atoms with Crippen molar-refractivity contribution in [3.05, 3.63) is 34.4 Å². The number of carboxylic acids is 1.